The number of amides is 4. The lowest BCUT2D eigenvalue weighted by molar-refractivity contribution is -0.133. The van der Waals surface area contributed by atoms with Gasteiger partial charge in [0.1, 0.15) is 5.75 Å². The van der Waals surface area contributed by atoms with Crippen molar-refractivity contribution in [2.75, 3.05) is 32.8 Å². The Labute approximate surface area is 201 Å². The third-order valence-electron chi connectivity index (χ3n) is 6.45. The van der Waals surface area contributed by atoms with Crippen molar-refractivity contribution in [3.8, 4) is 5.75 Å². The van der Waals surface area contributed by atoms with Crippen LogP contribution in [0.5, 0.6) is 5.75 Å². The number of nitrogens with zero attached hydrogens (tertiary/aromatic N) is 3. The number of benzene rings is 2. The van der Waals surface area contributed by atoms with Crippen molar-refractivity contribution < 1.29 is 19.1 Å². The second-order valence-corrected chi connectivity index (χ2v) is 9.16. The summed E-state index contributed by atoms with van der Waals surface area (Å²) in [5.41, 5.74) is 1.24. The number of urea groups is 1. The predicted octanol–water partition coefficient (Wildman–Crippen LogP) is 4.18. The van der Waals surface area contributed by atoms with Gasteiger partial charge in [0.2, 0.25) is 5.91 Å². The molecule has 7 heteroatoms. The van der Waals surface area contributed by atoms with E-state index < -0.39 is 23.8 Å². The van der Waals surface area contributed by atoms with Crippen LogP contribution < -0.4 is 4.74 Å². The summed E-state index contributed by atoms with van der Waals surface area (Å²) in [7, 11) is 0. The van der Waals surface area contributed by atoms with Gasteiger partial charge < -0.3 is 14.5 Å². The smallest absolute Gasteiger partial charge is 0.334 e. The Morgan fingerprint density at radius 2 is 1.68 bits per heavy atom. The molecular formula is C27H33N3O4. The van der Waals surface area contributed by atoms with Crippen molar-refractivity contribution in [1.29, 1.82) is 0 Å². The monoisotopic (exact) mass is 463 g/mol. The van der Waals surface area contributed by atoms with E-state index in [4.69, 9.17) is 4.74 Å². The number of rotatable bonds is 8. The fourth-order valence-electron chi connectivity index (χ4n) is 4.54. The molecule has 0 radical (unpaired) electrons. The van der Waals surface area contributed by atoms with Crippen LogP contribution in [-0.2, 0) is 11.3 Å². The third kappa shape index (κ3) is 5.83. The fourth-order valence-corrected chi connectivity index (χ4v) is 4.54. The van der Waals surface area contributed by atoms with E-state index in [1.807, 2.05) is 24.3 Å². The molecule has 0 bridgehead atoms. The Bertz CT molecular complexity index is 987. The lowest BCUT2D eigenvalue weighted by Crippen LogP contribution is -2.57. The molecule has 4 amide bonds. The van der Waals surface area contributed by atoms with Crippen LogP contribution in [0.1, 0.15) is 48.5 Å². The van der Waals surface area contributed by atoms with E-state index in [0.29, 0.717) is 18.7 Å². The summed E-state index contributed by atoms with van der Waals surface area (Å²) in [6.45, 7) is 6.50. The van der Waals surface area contributed by atoms with Crippen LogP contribution in [0.15, 0.2) is 54.6 Å². The van der Waals surface area contributed by atoms with Crippen molar-refractivity contribution >= 4 is 17.8 Å². The number of carbonyl (C=O) groups excluding carboxylic acids is 3. The van der Waals surface area contributed by atoms with Gasteiger partial charge in [-0.2, -0.15) is 4.90 Å². The predicted molar refractivity (Wildman–Crippen MR) is 129 cm³/mol. The molecule has 0 spiro atoms. The highest BCUT2D eigenvalue weighted by atomic mass is 16.5. The molecule has 1 atom stereocenters. The van der Waals surface area contributed by atoms with E-state index in [2.05, 4.69) is 4.90 Å². The van der Waals surface area contributed by atoms with Crippen LogP contribution >= 0.6 is 0 Å². The van der Waals surface area contributed by atoms with Gasteiger partial charge in [-0.1, -0.05) is 43.7 Å². The average molecular weight is 464 g/mol. The Morgan fingerprint density at radius 3 is 2.38 bits per heavy atom. The number of hydrogen-bond donors (Lipinski definition) is 0. The first-order valence-electron chi connectivity index (χ1n) is 12.2. The third-order valence-corrected chi connectivity index (χ3v) is 6.45. The van der Waals surface area contributed by atoms with Gasteiger partial charge in [0.25, 0.3) is 5.91 Å². The van der Waals surface area contributed by atoms with Gasteiger partial charge in [0, 0.05) is 25.2 Å². The van der Waals surface area contributed by atoms with E-state index >= 15 is 0 Å². The summed E-state index contributed by atoms with van der Waals surface area (Å²) in [5.74, 6) is -0.687. The number of piperidine rings is 1. The molecule has 2 aromatic rings. The molecule has 2 aliphatic rings. The van der Waals surface area contributed by atoms with Crippen LogP contribution in [0.3, 0.4) is 0 Å². The van der Waals surface area contributed by atoms with Crippen molar-refractivity contribution in [2.24, 2.45) is 5.92 Å². The molecule has 2 aliphatic heterocycles. The van der Waals surface area contributed by atoms with Gasteiger partial charge in [-0.15, -0.1) is 0 Å². The molecule has 0 saturated carbocycles. The van der Waals surface area contributed by atoms with E-state index in [9.17, 15) is 14.4 Å². The summed E-state index contributed by atoms with van der Waals surface area (Å²) < 4.78 is 5.89. The van der Waals surface area contributed by atoms with Crippen LogP contribution in [0.25, 0.3) is 0 Å². The normalized spacial score (nSPS) is 19.4. The Morgan fingerprint density at radius 1 is 0.971 bits per heavy atom. The number of imide groups is 3. The molecular weight excluding hydrogens is 430 g/mol. The molecule has 2 fully saturated rings. The standard InChI is InChI=1S/C27H33N3O4/c1-21-19-29(27(33)30(25(21)31)26(32)23-9-4-2-5-10-23)20-22-11-13-24(14-12-22)34-18-8-17-28-15-6-3-7-16-28/h2,4-5,9-14,21H,3,6-8,15-20H2,1H3. The quantitative estimate of drug-likeness (QED) is 0.434. The van der Waals surface area contributed by atoms with Crippen LogP contribution in [0, 0.1) is 5.92 Å². The minimum absolute atomic E-state index is 0.283. The number of hydrogen-bond acceptors (Lipinski definition) is 5. The minimum atomic E-state index is -0.583. The zero-order chi connectivity index (χ0) is 23.9. The first kappa shape index (κ1) is 24.0. The maximum atomic E-state index is 13.1. The summed E-state index contributed by atoms with van der Waals surface area (Å²) in [5, 5.41) is 0. The van der Waals surface area contributed by atoms with Crippen molar-refractivity contribution in [1.82, 2.24) is 14.7 Å². The molecule has 2 aromatic carbocycles. The fraction of sp³-hybridized carbons (Fsp3) is 0.444. The zero-order valence-corrected chi connectivity index (χ0v) is 19.8. The highest BCUT2D eigenvalue weighted by Crippen LogP contribution is 2.22. The molecule has 34 heavy (non-hydrogen) atoms. The van der Waals surface area contributed by atoms with Gasteiger partial charge in [0.05, 0.1) is 12.5 Å². The number of likely N-dealkylation sites (tertiary alicyclic amines) is 1. The first-order chi connectivity index (χ1) is 16.5. The molecule has 7 nitrogen and oxygen atoms in total. The largest absolute Gasteiger partial charge is 0.494 e. The summed E-state index contributed by atoms with van der Waals surface area (Å²) in [6, 6.07) is 15.5. The molecule has 0 aromatic heterocycles. The van der Waals surface area contributed by atoms with Gasteiger partial charge in [0.15, 0.2) is 0 Å². The van der Waals surface area contributed by atoms with E-state index in [-0.39, 0.29) is 6.54 Å². The molecule has 0 N–H and O–H groups in total. The summed E-state index contributed by atoms with van der Waals surface area (Å²) in [4.78, 5) is 43.4. The van der Waals surface area contributed by atoms with E-state index in [1.165, 1.54) is 32.4 Å². The number of ether oxygens (including phenoxy) is 1. The highest BCUT2D eigenvalue weighted by molar-refractivity contribution is 6.17. The minimum Gasteiger partial charge on any atom is -0.494 e. The lowest BCUT2D eigenvalue weighted by Gasteiger charge is -2.36. The number of carbonyl (C=O) groups is 3. The van der Waals surface area contributed by atoms with Crippen molar-refractivity contribution in [3.05, 3.63) is 65.7 Å². The highest BCUT2D eigenvalue weighted by Gasteiger charge is 2.41. The molecule has 0 aliphatic carbocycles. The summed E-state index contributed by atoms with van der Waals surface area (Å²) in [6.07, 6.45) is 4.94. The Balaban J connectivity index is 1.32. The zero-order valence-electron chi connectivity index (χ0n) is 19.8. The maximum absolute atomic E-state index is 13.1. The van der Waals surface area contributed by atoms with Crippen LogP contribution in [0.4, 0.5) is 4.79 Å². The summed E-state index contributed by atoms with van der Waals surface area (Å²) >= 11 is 0. The molecule has 1 unspecified atom stereocenters. The molecule has 180 valence electrons. The Hall–Kier alpha value is -3.19. The van der Waals surface area contributed by atoms with Crippen molar-refractivity contribution in [3.63, 3.8) is 0 Å². The molecule has 4 rings (SSSR count). The topological polar surface area (TPSA) is 70.2 Å². The van der Waals surface area contributed by atoms with E-state index in [0.717, 1.165) is 29.2 Å². The second-order valence-electron chi connectivity index (χ2n) is 9.16. The van der Waals surface area contributed by atoms with Gasteiger partial charge >= 0.3 is 6.03 Å². The SMILES string of the molecule is CC1CN(Cc2ccc(OCCCN3CCCCC3)cc2)C(=O)N(C(=O)c2ccccc2)C1=O. The molecule has 2 heterocycles. The maximum Gasteiger partial charge on any atom is 0.334 e. The van der Waals surface area contributed by atoms with Gasteiger partial charge in [-0.25, -0.2) is 4.79 Å². The van der Waals surface area contributed by atoms with Crippen molar-refractivity contribution in [2.45, 2.75) is 39.2 Å². The molecule has 2 saturated heterocycles. The Kier molecular flexibility index (Phi) is 7.95. The van der Waals surface area contributed by atoms with Gasteiger partial charge in [-0.05, 0) is 62.2 Å². The average Bonchev–Trinajstić information content (AvgIpc) is 2.87. The lowest BCUT2D eigenvalue weighted by atomic mass is 10.0. The van der Waals surface area contributed by atoms with Gasteiger partial charge in [-0.3, -0.25) is 9.59 Å². The first-order valence-corrected chi connectivity index (χ1v) is 12.2. The van der Waals surface area contributed by atoms with Crippen LogP contribution in [-0.4, -0.2) is 65.3 Å². The second kappa shape index (κ2) is 11.3. The van der Waals surface area contributed by atoms with E-state index in [1.54, 1.807) is 42.2 Å². The van der Waals surface area contributed by atoms with Crippen LogP contribution in [0.2, 0.25) is 0 Å².